The van der Waals surface area contributed by atoms with Crippen LogP contribution in [0.15, 0.2) is 48.5 Å². The Bertz CT molecular complexity index is 803. The van der Waals surface area contributed by atoms with Crippen molar-refractivity contribution in [3.8, 4) is 0 Å². The molecule has 1 N–H and O–H groups in total. The lowest BCUT2D eigenvalue weighted by molar-refractivity contribution is -0.140. The van der Waals surface area contributed by atoms with E-state index in [1.165, 1.54) is 0 Å². The largest absolute Gasteiger partial charge is 0.354 e. The third kappa shape index (κ3) is 6.38. The summed E-state index contributed by atoms with van der Waals surface area (Å²) in [6.07, 6.45) is 0.227. The number of rotatable bonds is 8. The lowest BCUT2D eigenvalue weighted by Gasteiger charge is -2.29. The van der Waals surface area contributed by atoms with Crippen molar-refractivity contribution < 1.29 is 9.59 Å². The normalized spacial score (nSPS) is 11.9. The van der Waals surface area contributed by atoms with E-state index in [1.807, 2.05) is 57.2 Å². The van der Waals surface area contributed by atoms with Crippen LogP contribution in [-0.4, -0.2) is 29.3 Å². The Morgan fingerprint density at radius 3 is 2.29 bits per heavy atom. The van der Waals surface area contributed by atoms with E-state index in [1.54, 1.807) is 24.0 Å². The van der Waals surface area contributed by atoms with Crippen molar-refractivity contribution in [3.05, 3.63) is 70.2 Å². The third-order valence-electron chi connectivity index (χ3n) is 4.72. The van der Waals surface area contributed by atoms with Crippen LogP contribution in [0.1, 0.15) is 37.5 Å². The van der Waals surface area contributed by atoms with Gasteiger partial charge in [-0.2, -0.15) is 0 Å². The number of nitrogens with zero attached hydrogens (tertiary/aromatic N) is 1. The summed E-state index contributed by atoms with van der Waals surface area (Å²) in [5, 5.41) is 3.57. The summed E-state index contributed by atoms with van der Waals surface area (Å²) >= 11 is 5.94. The molecule has 2 aromatic carbocycles. The van der Waals surface area contributed by atoms with Gasteiger partial charge in [0, 0.05) is 18.1 Å². The topological polar surface area (TPSA) is 49.4 Å². The van der Waals surface area contributed by atoms with Crippen LogP contribution >= 0.6 is 11.6 Å². The standard InChI is InChI=1S/C23H29ClN2O2/c1-16(2)14-25-23(28)18(4)26(15-20-8-6-5-7-17(20)3)22(27)13-19-9-11-21(24)12-10-19/h5-12,16,18H,13-15H2,1-4H3,(H,25,28)/t18-/m1/s1. The number of carbonyl (C=O) groups is 2. The SMILES string of the molecule is Cc1ccccc1CN(C(=O)Cc1ccc(Cl)cc1)[C@H](C)C(=O)NCC(C)C. The molecule has 150 valence electrons. The molecule has 0 fully saturated rings. The van der Waals surface area contributed by atoms with E-state index in [0.29, 0.717) is 24.0 Å². The lowest BCUT2D eigenvalue weighted by atomic mass is 10.1. The smallest absolute Gasteiger partial charge is 0.242 e. The fourth-order valence-corrected chi connectivity index (χ4v) is 3.01. The second-order valence-corrected chi connectivity index (χ2v) is 8.00. The number of hydrogen-bond donors (Lipinski definition) is 1. The van der Waals surface area contributed by atoms with Gasteiger partial charge in [-0.1, -0.05) is 61.8 Å². The molecule has 0 bridgehead atoms. The summed E-state index contributed by atoms with van der Waals surface area (Å²) < 4.78 is 0. The average molecular weight is 401 g/mol. The maximum absolute atomic E-state index is 13.1. The molecule has 2 rings (SSSR count). The highest BCUT2D eigenvalue weighted by Crippen LogP contribution is 2.16. The Morgan fingerprint density at radius 2 is 1.68 bits per heavy atom. The first-order valence-electron chi connectivity index (χ1n) is 9.64. The maximum Gasteiger partial charge on any atom is 0.242 e. The van der Waals surface area contributed by atoms with Crippen LogP contribution in [0.2, 0.25) is 5.02 Å². The summed E-state index contributed by atoms with van der Waals surface area (Å²) in [5.74, 6) is 0.134. The van der Waals surface area contributed by atoms with E-state index in [0.717, 1.165) is 16.7 Å². The predicted molar refractivity (Wildman–Crippen MR) is 114 cm³/mol. The Kier molecular flexibility index (Phi) is 8.06. The summed E-state index contributed by atoms with van der Waals surface area (Å²) in [5.41, 5.74) is 3.01. The molecule has 5 heteroatoms. The molecular weight excluding hydrogens is 372 g/mol. The van der Waals surface area contributed by atoms with E-state index >= 15 is 0 Å². The van der Waals surface area contributed by atoms with Crippen LogP contribution in [0.4, 0.5) is 0 Å². The number of benzene rings is 2. The molecule has 0 aliphatic carbocycles. The minimum atomic E-state index is -0.557. The van der Waals surface area contributed by atoms with Crippen molar-refractivity contribution in [1.29, 1.82) is 0 Å². The summed E-state index contributed by atoms with van der Waals surface area (Å²) in [6.45, 7) is 8.87. The first-order valence-corrected chi connectivity index (χ1v) is 10.0. The van der Waals surface area contributed by atoms with Gasteiger partial charge in [-0.25, -0.2) is 0 Å². The number of nitrogens with one attached hydrogen (secondary N) is 1. The van der Waals surface area contributed by atoms with Crippen molar-refractivity contribution in [1.82, 2.24) is 10.2 Å². The van der Waals surface area contributed by atoms with Gasteiger partial charge in [0.1, 0.15) is 6.04 Å². The van der Waals surface area contributed by atoms with E-state index in [9.17, 15) is 9.59 Å². The van der Waals surface area contributed by atoms with Crippen LogP contribution in [0.5, 0.6) is 0 Å². The van der Waals surface area contributed by atoms with Gasteiger partial charge in [-0.05, 0) is 48.6 Å². The number of carbonyl (C=O) groups excluding carboxylic acids is 2. The monoisotopic (exact) mass is 400 g/mol. The number of amides is 2. The molecule has 0 unspecified atom stereocenters. The molecule has 0 saturated heterocycles. The van der Waals surface area contributed by atoms with E-state index in [4.69, 9.17) is 11.6 Å². The van der Waals surface area contributed by atoms with Gasteiger partial charge in [-0.3, -0.25) is 9.59 Å². The van der Waals surface area contributed by atoms with Crippen molar-refractivity contribution in [2.24, 2.45) is 5.92 Å². The Hall–Kier alpha value is -2.33. The lowest BCUT2D eigenvalue weighted by Crippen LogP contribution is -2.48. The fraction of sp³-hybridized carbons (Fsp3) is 0.391. The number of hydrogen-bond acceptors (Lipinski definition) is 2. The fourth-order valence-electron chi connectivity index (χ4n) is 2.88. The van der Waals surface area contributed by atoms with Crippen LogP contribution < -0.4 is 5.32 Å². The van der Waals surface area contributed by atoms with Crippen molar-refractivity contribution in [2.75, 3.05) is 6.54 Å². The highest BCUT2D eigenvalue weighted by atomic mass is 35.5. The molecule has 0 aliphatic rings. The molecule has 0 aliphatic heterocycles. The highest BCUT2D eigenvalue weighted by Gasteiger charge is 2.26. The van der Waals surface area contributed by atoms with Crippen molar-refractivity contribution in [3.63, 3.8) is 0 Å². The zero-order valence-electron chi connectivity index (χ0n) is 17.0. The van der Waals surface area contributed by atoms with Crippen molar-refractivity contribution >= 4 is 23.4 Å². The van der Waals surface area contributed by atoms with Crippen LogP contribution in [0, 0.1) is 12.8 Å². The van der Waals surface area contributed by atoms with Gasteiger partial charge in [0.25, 0.3) is 0 Å². The first kappa shape index (κ1) is 22.0. The molecule has 0 aromatic heterocycles. The third-order valence-corrected chi connectivity index (χ3v) is 4.97. The van der Waals surface area contributed by atoms with Gasteiger partial charge < -0.3 is 10.2 Å². The van der Waals surface area contributed by atoms with Crippen molar-refractivity contribution in [2.45, 2.75) is 46.7 Å². The van der Waals surface area contributed by atoms with Gasteiger partial charge in [0.15, 0.2) is 0 Å². The predicted octanol–water partition coefficient (Wildman–Crippen LogP) is 4.38. The highest BCUT2D eigenvalue weighted by molar-refractivity contribution is 6.30. The summed E-state index contributed by atoms with van der Waals surface area (Å²) in [6, 6.07) is 14.6. The van der Waals surface area contributed by atoms with Gasteiger partial charge in [0.2, 0.25) is 11.8 Å². The molecule has 28 heavy (non-hydrogen) atoms. The van der Waals surface area contributed by atoms with Gasteiger partial charge in [0.05, 0.1) is 6.42 Å². The second-order valence-electron chi connectivity index (χ2n) is 7.57. The first-order chi connectivity index (χ1) is 13.3. The molecule has 0 spiro atoms. The molecule has 1 atom stereocenters. The molecule has 2 aromatic rings. The van der Waals surface area contributed by atoms with Gasteiger partial charge in [-0.15, -0.1) is 0 Å². The maximum atomic E-state index is 13.1. The van der Waals surface area contributed by atoms with Gasteiger partial charge >= 0.3 is 0 Å². The Balaban J connectivity index is 2.21. The zero-order chi connectivity index (χ0) is 20.7. The molecule has 0 heterocycles. The Morgan fingerprint density at radius 1 is 1.04 bits per heavy atom. The number of halogens is 1. The second kappa shape index (κ2) is 10.3. The number of aryl methyl sites for hydroxylation is 1. The average Bonchev–Trinajstić information content (AvgIpc) is 2.66. The molecule has 4 nitrogen and oxygen atoms in total. The van der Waals surface area contributed by atoms with Crippen LogP contribution in [-0.2, 0) is 22.6 Å². The quantitative estimate of drug-likeness (QED) is 0.714. The molecule has 0 saturated carbocycles. The van der Waals surface area contributed by atoms with E-state index < -0.39 is 6.04 Å². The molecule has 2 amide bonds. The molecular formula is C23H29ClN2O2. The van der Waals surface area contributed by atoms with Crippen LogP contribution in [0.3, 0.4) is 0 Å². The minimum absolute atomic E-state index is 0.0854. The summed E-state index contributed by atoms with van der Waals surface area (Å²) in [4.78, 5) is 27.4. The minimum Gasteiger partial charge on any atom is -0.354 e. The summed E-state index contributed by atoms with van der Waals surface area (Å²) in [7, 11) is 0. The van der Waals surface area contributed by atoms with E-state index in [-0.39, 0.29) is 18.2 Å². The zero-order valence-corrected chi connectivity index (χ0v) is 17.8. The Labute approximate surface area is 172 Å². The molecule has 0 radical (unpaired) electrons. The van der Waals surface area contributed by atoms with E-state index in [2.05, 4.69) is 5.32 Å². The van der Waals surface area contributed by atoms with Crippen LogP contribution in [0.25, 0.3) is 0 Å².